The minimum atomic E-state index is -0.994. The number of methoxy groups -OCH3 is 2. The summed E-state index contributed by atoms with van der Waals surface area (Å²) in [6.45, 7) is 2.00. The number of Topliss-reactive ketones (excluding diaryl/α,β-unsaturated/α-hetero) is 1. The molecule has 3 aromatic rings. The maximum Gasteiger partial charge on any atom is 0.310 e. The number of carbonyl (C=O) groups excluding carboxylic acids is 3. The van der Waals surface area contributed by atoms with Gasteiger partial charge in [-0.05, 0) is 42.3 Å². The van der Waals surface area contributed by atoms with Crippen LogP contribution in [-0.2, 0) is 25.5 Å². The van der Waals surface area contributed by atoms with Gasteiger partial charge in [0.2, 0.25) is 0 Å². The Morgan fingerprint density at radius 3 is 2.39 bits per heavy atom. The molecule has 4 rings (SSSR count). The number of rotatable bonds is 8. The number of aliphatic hydroxyl groups excluding tert-OH is 1. The van der Waals surface area contributed by atoms with E-state index in [1.165, 1.54) is 37.4 Å². The van der Waals surface area contributed by atoms with Crippen LogP contribution in [0.4, 0.5) is 5.69 Å². The second kappa shape index (κ2) is 11.4. The summed E-state index contributed by atoms with van der Waals surface area (Å²) in [5, 5.41) is 11.7. The van der Waals surface area contributed by atoms with Crippen molar-refractivity contribution in [2.45, 2.75) is 19.4 Å². The van der Waals surface area contributed by atoms with Gasteiger partial charge in [-0.1, -0.05) is 29.8 Å². The zero-order valence-electron chi connectivity index (χ0n) is 20.9. The normalized spacial score (nSPS) is 16.4. The number of benzene rings is 2. The zero-order valence-corrected chi connectivity index (χ0v) is 21.7. The second-order valence-corrected chi connectivity index (χ2v) is 8.70. The summed E-state index contributed by atoms with van der Waals surface area (Å²) >= 11 is 6.22. The fraction of sp³-hybridized carbons (Fsp3) is 0.214. The summed E-state index contributed by atoms with van der Waals surface area (Å²) in [6.07, 6.45) is 3.15. The lowest BCUT2D eigenvalue weighted by Gasteiger charge is -2.25. The minimum Gasteiger partial charge on any atom is -0.507 e. The minimum absolute atomic E-state index is 0.0666. The molecule has 2 aromatic carbocycles. The van der Waals surface area contributed by atoms with Crippen molar-refractivity contribution >= 4 is 40.7 Å². The molecule has 0 saturated carbocycles. The molecule has 0 aliphatic carbocycles. The number of hydrogen-bond acceptors (Lipinski definition) is 8. The molecule has 9 nitrogen and oxygen atoms in total. The Hall–Kier alpha value is -4.37. The van der Waals surface area contributed by atoms with Crippen molar-refractivity contribution in [2.75, 3.05) is 25.7 Å². The number of anilines is 1. The van der Waals surface area contributed by atoms with Crippen LogP contribution in [0.5, 0.6) is 11.5 Å². The van der Waals surface area contributed by atoms with Crippen LogP contribution in [0.15, 0.2) is 66.5 Å². The van der Waals surface area contributed by atoms with E-state index < -0.39 is 23.5 Å². The van der Waals surface area contributed by atoms with Gasteiger partial charge in [-0.2, -0.15) is 0 Å². The Morgan fingerprint density at radius 2 is 1.79 bits per heavy atom. The van der Waals surface area contributed by atoms with Gasteiger partial charge in [-0.25, -0.2) is 0 Å². The van der Waals surface area contributed by atoms with Gasteiger partial charge in [0, 0.05) is 24.1 Å². The third kappa shape index (κ3) is 5.05. The highest BCUT2D eigenvalue weighted by Gasteiger charge is 2.47. The van der Waals surface area contributed by atoms with Gasteiger partial charge >= 0.3 is 5.97 Å². The molecule has 1 aliphatic heterocycles. The zero-order chi connectivity index (χ0) is 27.4. The van der Waals surface area contributed by atoms with Gasteiger partial charge in [0.05, 0.1) is 49.4 Å². The summed E-state index contributed by atoms with van der Waals surface area (Å²) in [4.78, 5) is 44.1. The van der Waals surface area contributed by atoms with E-state index in [2.05, 4.69) is 4.98 Å². The Morgan fingerprint density at radius 1 is 1.08 bits per heavy atom. The number of esters is 1. The van der Waals surface area contributed by atoms with Gasteiger partial charge < -0.3 is 19.3 Å². The van der Waals surface area contributed by atoms with Gasteiger partial charge in [-0.15, -0.1) is 0 Å². The Bertz CT molecular complexity index is 1400. The second-order valence-electron chi connectivity index (χ2n) is 8.29. The Kier molecular flexibility index (Phi) is 7.97. The van der Waals surface area contributed by atoms with Crippen molar-refractivity contribution in [2.24, 2.45) is 0 Å². The molecule has 10 heteroatoms. The van der Waals surface area contributed by atoms with Crippen LogP contribution in [0.25, 0.3) is 5.76 Å². The van der Waals surface area contributed by atoms with Crippen LogP contribution in [0.1, 0.15) is 29.7 Å². The fourth-order valence-corrected chi connectivity index (χ4v) is 4.53. The predicted octanol–water partition coefficient (Wildman–Crippen LogP) is 4.48. The van der Waals surface area contributed by atoms with Gasteiger partial charge in [0.1, 0.15) is 17.3 Å². The average molecular weight is 537 g/mol. The number of aliphatic hydroxyl groups is 1. The maximum atomic E-state index is 13.4. The van der Waals surface area contributed by atoms with Gasteiger partial charge in [0.15, 0.2) is 0 Å². The molecule has 2 heterocycles. The molecule has 0 radical (unpaired) electrons. The van der Waals surface area contributed by atoms with E-state index in [1.807, 2.05) is 0 Å². The van der Waals surface area contributed by atoms with E-state index in [4.69, 9.17) is 25.8 Å². The highest BCUT2D eigenvalue weighted by Crippen LogP contribution is 2.44. The first-order valence-electron chi connectivity index (χ1n) is 11.7. The van der Waals surface area contributed by atoms with Crippen molar-refractivity contribution in [3.8, 4) is 11.5 Å². The van der Waals surface area contributed by atoms with E-state index in [1.54, 1.807) is 49.5 Å². The molecule has 1 amide bonds. The summed E-state index contributed by atoms with van der Waals surface area (Å²) in [5.41, 5.74) is 1.56. The number of amides is 1. The topological polar surface area (TPSA) is 115 Å². The standard InChI is InChI=1S/C28H25ClN2O7/c1-4-38-23(32)12-16-7-9-18(10-8-16)31-25(17-6-5-11-30-15-17)24(27(34)28(31)35)26(33)19-13-22(37-3)20(29)14-21(19)36-2/h5-11,13-15,25,33H,4,12H2,1-3H3/b26-24+. The highest BCUT2D eigenvalue weighted by atomic mass is 35.5. The number of hydrogen-bond donors (Lipinski definition) is 1. The molecule has 0 bridgehead atoms. The van der Waals surface area contributed by atoms with Crippen LogP contribution in [0.2, 0.25) is 5.02 Å². The first kappa shape index (κ1) is 26.7. The van der Waals surface area contributed by atoms with Gasteiger partial charge in [-0.3, -0.25) is 24.3 Å². The van der Waals surface area contributed by atoms with Crippen molar-refractivity contribution in [3.05, 3.63) is 88.2 Å². The molecule has 1 atom stereocenters. The van der Waals surface area contributed by atoms with E-state index >= 15 is 0 Å². The molecule has 1 N–H and O–H groups in total. The molecule has 1 aliphatic rings. The van der Waals surface area contributed by atoms with E-state index in [0.29, 0.717) is 16.8 Å². The number of ether oxygens (including phenoxy) is 3. The lowest BCUT2D eigenvalue weighted by Crippen LogP contribution is -2.29. The largest absolute Gasteiger partial charge is 0.507 e. The van der Waals surface area contributed by atoms with Crippen molar-refractivity contribution in [1.82, 2.24) is 4.98 Å². The van der Waals surface area contributed by atoms with Crippen LogP contribution in [-0.4, -0.2) is 48.6 Å². The molecular formula is C28H25ClN2O7. The Balaban J connectivity index is 1.86. The Labute approximate surface area is 224 Å². The molecular weight excluding hydrogens is 512 g/mol. The van der Waals surface area contributed by atoms with Gasteiger partial charge in [0.25, 0.3) is 11.7 Å². The molecule has 1 saturated heterocycles. The molecule has 0 spiro atoms. The predicted molar refractivity (Wildman–Crippen MR) is 140 cm³/mol. The number of nitrogens with zero attached hydrogens (tertiary/aromatic N) is 2. The first-order chi connectivity index (χ1) is 18.3. The van der Waals surface area contributed by atoms with Crippen molar-refractivity contribution in [1.29, 1.82) is 0 Å². The quantitative estimate of drug-likeness (QED) is 0.194. The molecule has 1 aromatic heterocycles. The summed E-state index contributed by atoms with van der Waals surface area (Å²) < 4.78 is 15.7. The molecule has 196 valence electrons. The van der Waals surface area contributed by atoms with Crippen molar-refractivity contribution in [3.63, 3.8) is 0 Å². The summed E-state index contributed by atoms with van der Waals surface area (Å²) in [5.74, 6) is -2.11. The average Bonchev–Trinajstić information content (AvgIpc) is 3.19. The SMILES string of the molecule is CCOC(=O)Cc1ccc(N2C(=O)C(=O)/C(=C(/O)c3cc(OC)c(Cl)cc3OC)C2c2cccnc2)cc1. The van der Waals surface area contributed by atoms with E-state index in [0.717, 1.165) is 0 Å². The summed E-state index contributed by atoms with van der Waals surface area (Å²) in [6, 6.07) is 11.9. The molecule has 38 heavy (non-hydrogen) atoms. The fourth-order valence-electron chi connectivity index (χ4n) is 4.30. The molecule has 1 unspecified atom stereocenters. The monoisotopic (exact) mass is 536 g/mol. The summed E-state index contributed by atoms with van der Waals surface area (Å²) in [7, 11) is 2.81. The highest BCUT2D eigenvalue weighted by molar-refractivity contribution is 6.51. The van der Waals surface area contributed by atoms with Crippen LogP contribution in [0.3, 0.4) is 0 Å². The molecule has 1 fully saturated rings. The third-order valence-corrected chi connectivity index (χ3v) is 6.34. The number of ketones is 1. The third-order valence-electron chi connectivity index (χ3n) is 6.04. The smallest absolute Gasteiger partial charge is 0.310 e. The number of pyridine rings is 1. The number of aromatic nitrogens is 1. The van der Waals surface area contributed by atoms with Crippen LogP contribution < -0.4 is 14.4 Å². The lowest BCUT2D eigenvalue weighted by atomic mass is 9.95. The maximum absolute atomic E-state index is 13.4. The first-order valence-corrected chi connectivity index (χ1v) is 12.1. The van der Waals surface area contributed by atoms with Crippen LogP contribution >= 0.6 is 11.6 Å². The number of carbonyl (C=O) groups is 3. The van der Waals surface area contributed by atoms with E-state index in [-0.39, 0.29) is 46.7 Å². The lowest BCUT2D eigenvalue weighted by molar-refractivity contribution is -0.142. The van der Waals surface area contributed by atoms with Crippen molar-refractivity contribution < 1.29 is 33.7 Å². The van der Waals surface area contributed by atoms with Crippen LogP contribution in [0, 0.1) is 0 Å². The van der Waals surface area contributed by atoms with E-state index in [9.17, 15) is 19.5 Å². The number of halogens is 1.